The highest BCUT2D eigenvalue weighted by Crippen LogP contribution is 2.47. The fraction of sp³-hybridized carbons (Fsp3) is 0.259. The number of benzene rings is 2. The van der Waals surface area contributed by atoms with Gasteiger partial charge in [0.15, 0.2) is 23.0 Å². The van der Waals surface area contributed by atoms with Gasteiger partial charge in [0, 0.05) is 24.1 Å². The number of pyridine rings is 1. The number of carbonyl (C=O) groups excluding carboxylic acids is 2. The van der Waals surface area contributed by atoms with Gasteiger partial charge in [0.2, 0.25) is 5.91 Å². The van der Waals surface area contributed by atoms with Gasteiger partial charge in [-0.2, -0.15) is 0 Å². The monoisotopic (exact) mass is 452 g/mol. The number of ether oxygens (including phenoxy) is 1. The number of nitrogens with zero attached hydrogens (tertiary/aromatic N) is 3. The minimum Gasteiger partial charge on any atom is -0.493 e. The van der Waals surface area contributed by atoms with Crippen molar-refractivity contribution in [2.75, 3.05) is 7.11 Å². The molecule has 0 atom stereocenters. The average molecular weight is 453 g/mol. The van der Waals surface area contributed by atoms with E-state index in [1.165, 1.54) is 0 Å². The number of aromatic nitrogens is 3. The van der Waals surface area contributed by atoms with Gasteiger partial charge in [-0.05, 0) is 48.6 Å². The fourth-order valence-electron chi connectivity index (χ4n) is 4.76. The first-order valence-electron chi connectivity index (χ1n) is 11.5. The second kappa shape index (κ2) is 7.80. The summed E-state index contributed by atoms with van der Waals surface area (Å²) in [7, 11) is 1.60. The van der Waals surface area contributed by atoms with E-state index in [0.29, 0.717) is 43.0 Å². The molecule has 2 aliphatic rings. The Bertz CT molecular complexity index is 1440. The molecule has 34 heavy (non-hydrogen) atoms. The lowest BCUT2D eigenvalue weighted by Gasteiger charge is -2.12. The van der Waals surface area contributed by atoms with Crippen LogP contribution in [0.1, 0.15) is 46.6 Å². The molecular formula is C27H24N4O3. The Morgan fingerprint density at radius 2 is 1.91 bits per heavy atom. The van der Waals surface area contributed by atoms with Crippen LogP contribution in [0.15, 0.2) is 60.7 Å². The summed E-state index contributed by atoms with van der Waals surface area (Å²) in [5, 5.41) is 7.87. The van der Waals surface area contributed by atoms with E-state index in [1.807, 2.05) is 54.6 Å². The van der Waals surface area contributed by atoms with Crippen LogP contribution in [0.4, 0.5) is 0 Å². The molecule has 0 unspecified atom stereocenters. The predicted octanol–water partition coefficient (Wildman–Crippen LogP) is 3.88. The highest BCUT2D eigenvalue weighted by molar-refractivity contribution is 6.01. The Balaban J connectivity index is 1.37. The van der Waals surface area contributed by atoms with Crippen molar-refractivity contribution in [2.24, 2.45) is 0 Å². The van der Waals surface area contributed by atoms with E-state index in [0.717, 1.165) is 34.4 Å². The van der Waals surface area contributed by atoms with Crippen LogP contribution in [0.3, 0.4) is 0 Å². The van der Waals surface area contributed by atoms with Gasteiger partial charge in [-0.1, -0.05) is 42.5 Å². The van der Waals surface area contributed by atoms with Crippen molar-refractivity contribution in [1.82, 2.24) is 19.9 Å². The van der Waals surface area contributed by atoms with E-state index in [4.69, 9.17) is 14.8 Å². The van der Waals surface area contributed by atoms with Gasteiger partial charge in [-0.25, -0.2) is 9.50 Å². The third-order valence-corrected chi connectivity index (χ3v) is 6.90. The Labute approximate surface area is 196 Å². The zero-order valence-electron chi connectivity index (χ0n) is 18.9. The zero-order chi connectivity index (χ0) is 23.3. The fourth-order valence-corrected chi connectivity index (χ4v) is 4.76. The maximum absolute atomic E-state index is 13.2. The molecule has 2 aliphatic carbocycles. The van der Waals surface area contributed by atoms with Crippen LogP contribution in [0.2, 0.25) is 0 Å². The summed E-state index contributed by atoms with van der Waals surface area (Å²) in [6, 6.07) is 19.6. The smallest absolute Gasteiger partial charge is 0.234 e. The maximum atomic E-state index is 13.2. The minimum absolute atomic E-state index is 0.0520. The highest BCUT2D eigenvalue weighted by Gasteiger charge is 2.54. The number of ketones is 1. The van der Waals surface area contributed by atoms with Crippen molar-refractivity contribution >= 4 is 17.3 Å². The standard InChI is InChI=1S/C27H24N4O3/c1-34-23-12-10-21(19-7-9-20-18(15-19)8-11-22(20)32)31-24(23)29-25(30-31)27(13-14-27)26(33)28-16-17-5-3-2-4-6-17/h2-7,9-10,12,15H,8,11,13-14,16H2,1H3,(H,28,33). The predicted molar refractivity (Wildman–Crippen MR) is 127 cm³/mol. The summed E-state index contributed by atoms with van der Waals surface area (Å²) >= 11 is 0. The van der Waals surface area contributed by atoms with E-state index in [2.05, 4.69) is 11.4 Å². The third-order valence-electron chi connectivity index (χ3n) is 6.90. The number of Topliss-reactive ketones (excluding diaryl/α,β-unsaturated/α-hetero) is 1. The van der Waals surface area contributed by atoms with Crippen molar-refractivity contribution in [3.8, 4) is 17.0 Å². The van der Waals surface area contributed by atoms with E-state index >= 15 is 0 Å². The molecule has 7 heteroatoms. The van der Waals surface area contributed by atoms with Crippen molar-refractivity contribution < 1.29 is 14.3 Å². The Hall–Kier alpha value is -4.00. The quantitative estimate of drug-likeness (QED) is 0.480. The number of carbonyl (C=O) groups is 2. The second-order valence-electron chi connectivity index (χ2n) is 9.00. The molecule has 1 amide bonds. The number of amides is 1. The minimum atomic E-state index is -0.715. The van der Waals surface area contributed by atoms with Gasteiger partial charge in [0.05, 0.1) is 12.8 Å². The SMILES string of the molecule is COc1ccc(-c2ccc3c(c2)CCC3=O)n2nc(C3(C(=O)NCc4ccccc4)CC3)nc12. The summed E-state index contributed by atoms with van der Waals surface area (Å²) in [4.78, 5) is 30.0. The summed E-state index contributed by atoms with van der Waals surface area (Å²) in [6.07, 6.45) is 2.74. The first-order valence-corrected chi connectivity index (χ1v) is 11.5. The number of hydrogen-bond donors (Lipinski definition) is 1. The van der Waals surface area contributed by atoms with Gasteiger partial charge in [-0.15, -0.1) is 5.10 Å². The first-order chi connectivity index (χ1) is 16.6. The van der Waals surface area contributed by atoms with Crippen LogP contribution in [-0.2, 0) is 23.2 Å². The molecular weight excluding hydrogens is 428 g/mol. The molecule has 0 radical (unpaired) electrons. The Morgan fingerprint density at radius 1 is 1.09 bits per heavy atom. The van der Waals surface area contributed by atoms with Crippen molar-refractivity contribution in [1.29, 1.82) is 0 Å². The molecule has 6 rings (SSSR count). The molecule has 0 bridgehead atoms. The second-order valence-corrected chi connectivity index (χ2v) is 9.00. The summed E-state index contributed by atoms with van der Waals surface area (Å²) in [5.41, 5.74) is 4.58. The molecule has 0 spiro atoms. The number of rotatable bonds is 6. The molecule has 4 aromatic rings. The number of aryl methyl sites for hydroxylation is 1. The van der Waals surface area contributed by atoms with E-state index in [9.17, 15) is 9.59 Å². The Morgan fingerprint density at radius 3 is 2.68 bits per heavy atom. The van der Waals surface area contributed by atoms with Crippen molar-refractivity contribution in [3.05, 3.63) is 83.2 Å². The number of nitrogens with one attached hydrogen (secondary N) is 1. The largest absolute Gasteiger partial charge is 0.493 e. The van der Waals surface area contributed by atoms with Crippen LogP contribution < -0.4 is 10.1 Å². The lowest BCUT2D eigenvalue weighted by molar-refractivity contribution is -0.123. The number of methoxy groups -OCH3 is 1. The molecule has 1 fully saturated rings. The van der Waals surface area contributed by atoms with E-state index in [1.54, 1.807) is 11.6 Å². The molecule has 2 aromatic carbocycles. The maximum Gasteiger partial charge on any atom is 0.234 e. The van der Waals surface area contributed by atoms with Crippen LogP contribution in [0.5, 0.6) is 5.75 Å². The summed E-state index contributed by atoms with van der Waals surface area (Å²) < 4.78 is 7.31. The van der Waals surface area contributed by atoms with Gasteiger partial charge < -0.3 is 10.1 Å². The molecule has 0 aliphatic heterocycles. The Kier molecular flexibility index (Phi) is 4.72. The lowest BCUT2D eigenvalue weighted by Crippen LogP contribution is -2.35. The lowest BCUT2D eigenvalue weighted by atomic mass is 10.0. The van der Waals surface area contributed by atoms with Crippen LogP contribution in [0, 0.1) is 0 Å². The third kappa shape index (κ3) is 3.27. The summed E-state index contributed by atoms with van der Waals surface area (Å²) in [5.74, 6) is 1.25. The van der Waals surface area contributed by atoms with Crippen LogP contribution in [-0.4, -0.2) is 33.4 Å². The number of hydrogen-bond acceptors (Lipinski definition) is 5. The van der Waals surface area contributed by atoms with Crippen molar-refractivity contribution in [2.45, 2.75) is 37.6 Å². The summed E-state index contributed by atoms with van der Waals surface area (Å²) in [6.45, 7) is 0.469. The van der Waals surface area contributed by atoms with Gasteiger partial charge in [0.25, 0.3) is 0 Å². The van der Waals surface area contributed by atoms with Crippen LogP contribution in [0.25, 0.3) is 16.9 Å². The molecule has 2 heterocycles. The topological polar surface area (TPSA) is 85.6 Å². The van der Waals surface area contributed by atoms with Gasteiger partial charge in [0.1, 0.15) is 5.41 Å². The first kappa shape index (κ1) is 20.6. The highest BCUT2D eigenvalue weighted by atomic mass is 16.5. The van der Waals surface area contributed by atoms with Crippen molar-refractivity contribution in [3.63, 3.8) is 0 Å². The molecule has 0 saturated heterocycles. The molecule has 7 nitrogen and oxygen atoms in total. The molecule has 1 N–H and O–H groups in total. The van der Waals surface area contributed by atoms with Gasteiger partial charge in [-0.3, -0.25) is 9.59 Å². The molecule has 170 valence electrons. The van der Waals surface area contributed by atoms with E-state index < -0.39 is 5.41 Å². The molecule has 2 aromatic heterocycles. The average Bonchev–Trinajstić information content (AvgIpc) is 3.43. The van der Waals surface area contributed by atoms with E-state index in [-0.39, 0.29) is 11.7 Å². The molecule has 1 saturated carbocycles. The zero-order valence-corrected chi connectivity index (χ0v) is 18.9. The van der Waals surface area contributed by atoms with Crippen LogP contribution >= 0.6 is 0 Å². The van der Waals surface area contributed by atoms with Gasteiger partial charge >= 0.3 is 0 Å². The normalized spacial score (nSPS) is 15.9. The number of fused-ring (bicyclic) bond motifs is 2.